The number of nitrogens with one attached hydrogen (secondary N) is 8. The lowest BCUT2D eigenvalue weighted by molar-refractivity contribution is 0.0937. The highest BCUT2D eigenvalue weighted by Gasteiger charge is 2.17. The van der Waals surface area contributed by atoms with Gasteiger partial charge in [0.05, 0.1) is 0 Å². The Hall–Kier alpha value is -5.94. The minimum absolute atomic E-state index is 0.116. The van der Waals surface area contributed by atoms with Crippen molar-refractivity contribution in [1.29, 1.82) is 0 Å². The number of nitrogens with zero attached hydrogens (tertiary/aromatic N) is 2. The summed E-state index contributed by atoms with van der Waals surface area (Å²) in [5.74, 6) is -3.01. The summed E-state index contributed by atoms with van der Waals surface area (Å²) in [5.41, 5.74) is -0.464. The van der Waals surface area contributed by atoms with Crippen LogP contribution in [0.3, 0.4) is 0 Å². The molecule has 0 aliphatic rings. The molecule has 8 N–H and O–H groups in total. The second-order valence-corrected chi connectivity index (χ2v) is 8.07. The minimum Gasteiger partial charge on any atom is -0.338 e. The standard InChI is InChI=1S/2C13H17N5O4/c2*1-3-14-12(21)17-10(19)8-6-5-7-9(16-8)11(20)18-13(22)15-4-2/h2*5-7H,3-4H2,1-2H3,(H2,14,17,19,21)(H2,15,18,20,22). The second kappa shape index (κ2) is 19.2. The van der Waals surface area contributed by atoms with Gasteiger partial charge in [0.1, 0.15) is 22.8 Å². The summed E-state index contributed by atoms with van der Waals surface area (Å²) in [6.07, 6.45) is 0. The topological polar surface area (TPSA) is 259 Å². The molecule has 0 aromatic carbocycles. The van der Waals surface area contributed by atoms with Crippen LogP contribution in [0.5, 0.6) is 0 Å². The van der Waals surface area contributed by atoms with Gasteiger partial charge in [-0.25, -0.2) is 29.1 Å². The first kappa shape index (κ1) is 36.1. The van der Waals surface area contributed by atoms with Crippen molar-refractivity contribution >= 4 is 47.8 Å². The Morgan fingerprint density at radius 2 is 0.636 bits per heavy atom. The highest BCUT2D eigenvalue weighted by Crippen LogP contribution is 2.01. The molecule has 12 amide bonds. The molecule has 2 heterocycles. The van der Waals surface area contributed by atoms with E-state index in [1.54, 1.807) is 27.7 Å². The summed E-state index contributed by atoms with van der Waals surface area (Å²) < 4.78 is 0. The number of rotatable bonds is 8. The third-order valence-electron chi connectivity index (χ3n) is 4.69. The van der Waals surface area contributed by atoms with Gasteiger partial charge >= 0.3 is 24.1 Å². The van der Waals surface area contributed by atoms with E-state index >= 15 is 0 Å². The van der Waals surface area contributed by atoms with Gasteiger partial charge in [-0.3, -0.25) is 40.4 Å². The van der Waals surface area contributed by atoms with Crippen molar-refractivity contribution < 1.29 is 38.4 Å². The van der Waals surface area contributed by atoms with Gasteiger partial charge in [0, 0.05) is 26.2 Å². The molecule has 0 aliphatic heterocycles. The van der Waals surface area contributed by atoms with E-state index < -0.39 is 47.8 Å². The number of hydrogen-bond donors (Lipinski definition) is 8. The van der Waals surface area contributed by atoms with Gasteiger partial charge in [-0.2, -0.15) is 0 Å². The molecule has 0 bridgehead atoms. The average molecular weight is 615 g/mol. The molecule has 0 unspecified atom stereocenters. The fourth-order valence-electron chi connectivity index (χ4n) is 2.86. The zero-order chi connectivity index (χ0) is 33.1. The zero-order valence-corrected chi connectivity index (χ0v) is 24.5. The molecule has 44 heavy (non-hydrogen) atoms. The van der Waals surface area contributed by atoms with Crippen LogP contribution in [0, 0.1) is 0 Å². The molecule has 2 aromatic rings. The highest BCUT2D eigenvalue weighted by molar-refractivity contribution is 6.07. The molecule has 0 fully saturated rings. The van der Waals surface area contributed by atoms with Gasteiger partial charge in [0.2, 0.25) is 0 Å². The number of aromatic nitrogens is 2. The van der Waals surface area contributed by atoms with E-state index in [1.165, 1.54) is 36.4 Å². The predicted octanol–water partition coefficient (Wildman–Crippen LogP) is 0.000400. The van der Waals surface area contributed by atoms with E-state index in [9.17, 15) is 38.4 Å². The molecule has 2 rings (SSSR count). The predicted molar refractivity (Wildman–Crippen MR) is 155 cm³/mol. The molecular weight excluding hydrogens is 580 g/mol. The summed E-state index contributed by atoms with van der Waals surface area (Å²) in [4.78, 5) is 99.8. The van der Waals surface area contributed by atoms with E-state index in [1.807, 2.05) is 0 Å². The third-order valence-corrected chi connectivity index (χ3v) is 4.69. The maximum atomic E-state index is 11.8. The van der Waals surface area contributed by atoms with Crippen molar-refractivity contribution in [3.8, 4) is 0 Å². The smallest absolute Gasteiger partial charge is 0.321 e. The van der Waals surface area contributed by atoms with Gasteiger partial charge in [0.15, 0.2) is 0 Å². The molecule has 18 heteroatoms. The van der Waals surface area contributed by atoms with E-state index in [0.29, 0.717) is 26.2 Å². The summed E-state index contributed by atoms with van der Waals surface area (Å²) in [5, 5.41) is 17.8. The summed E-state index contributed by atoms with van der Waals surface area (Å²) in [6, 6.07) is 5.58. The molecule has 0 aliphatic carbocycles. The monoisotopic (exact) mass is 614 g/mol. The van der Waals surface area contributed by atoms with E-state index in [0.717, 1.165) is 0 Å². The molecule has 0 radical (unpaired) electrons. The SMILES string of the molecule is CCNC(=O)NC(=O)c1cccc(C(=O)NC(=O)NCC)n1.CCNC(=O)NC(=O)c1cccc(C(=O)NC(=O)NCC)n1. The van der Waals surface area contributed by atoms with Gasteiger partial charge in [0.25, 0.3) is 23.6 Å². The van der Waals surface area contributed by atoms with Crippen LogP contribution < -0.4 is 42.5 Å². The Morgan fingerprint density at radius 3 is 0.818 bits per heavy atom. The van der Waals surface area contributed by atoms with E-state index in [-0.39, 0.29) is 22.8 Å². The third kappa shape index (κ3) is 13.1. The van der Waals surface area contributed by atoms with Crippen molar-refractivity contribution in [1.82, 2.24) is 52.5 Å². The minimum atomic E-state index is -0.751. The second-order valence-electron chi connectivity index (χ2n) is 8.07. The van der Waals surface area contributed by atoms with Crippen LogP contribution in [0.1, 0.15) is 69.6 Å². The molecular formula is C26H34N10O8. The lowest BCUT2D eigenvalue weighted by Gasteiger charge is -2.06. The first-order valence-corrected chi connectivity index (χ1v) is 13.3. The van der Waals surface area contributed by atoms with Crippen molar-refractivity contribution in [3.05, 3.63) is 59.2 Å². The Morgan fingerprint density at radius 1 is 0.432 bits per heavy atom. The highest BCUT2D eigenvalue weighted by atomic mass is 16.2. The maximum Gasteiger partial charge on any atom is 0.321 e. The number of carbonyl (C=O) groups excluding carboxylic acids is 8. The number of urea groups is 4. The molecule has 0 spiro atoms. The van der Waals surface area contributed by atoms with Crippen molar-refractivity contribution in [3.63, 3.8) is 0 Å². The normalized spacial score (nSPS) is 9.55. The largest absolute Gasteiger partial charge is 0.338 e. The van der Waals surface area contributed by atoms with Crippen LogP contribution in [-0.4, -0.2) is 83.9 Å². The van der Waals surface area contributed by atoms with Crippen LogP contribution in [0.25, 0.3) is 0 Å². The van der Waals surface area contributed by atoms with E-state index in [2.05, 4.69) is 52.5 Å². The molecule has 0 saturated carbocycles. The van der Waals surface area contributed by atoms with Crippen LogP contribution in [-0.2, 0) is 0 Å². The number of pyridine rings is 2. The zero-order valence-electron chi connectivity index (χ0n) is 24.5. The van der Waals surface area contributed by atoms with Crippen LogP contribution >= 0.6 is 0 Å². The molecule has 0 atom stereocenters. The fourth-order valence-corrected chi connectivity index (χ4v) is 2.86. The van der Waals surface area contributed by atoms with Crippen molar-refractivity contribution in [2.45, 2.75) is 27.7 Å². The van der Waals surface area contributed by atoms with Gasteiger partial charge in [-0.05, 0) is 52.0 Å². The van der Waals surface area contributed by atoms with Gasteiger partial charge in [-0.15, -0.1) is 0 Å². The Bertz CT molecular complexity index is 1180. The lowest BCUT2D eigenvalue weighted by atomic mass is 10.2. The van der Waals surface area contributed by atoms with Crippen LogP contribution in [0.2, 0.25) is 0 Å². The van der Waals surface area contributed by atoms with Gasteiger partial charge in [-0.1, -0.05) is 12.1 Å². The number of amides is 12. The lowest BCUT2D eigenvalue weighted by Crippen LogP contribution is -2.41. The number of imide groups is 4. The van der Waals surface area contributed by atoms with Crippen LogP contribution in [0.4, 0.5) is 19.2 Å². The first-order chi connectivity index (χ1) is 20.9. The quantitative estimate of drug-likeness (QED) is 0.197. The number of hydrogen-bond acceptors (Lipinski definition) is 10. The summed E-state index contributed by atoms with van der Waals surface area (Å²) >= 11 is 0. The van der Waals surface area contributed by atoms with E-state index in [4.69, 9.17) is 0 Å². The Balaban J connectivity index is 0.000000440. The summed E-state index contributed by atoms with van der Waals surface area (Å²) in [7, 11) is 0. The first-order valence-electron chi connectivity index (χ1n) is 13.3. The van der Waals surface area contributed by atoms with Crippen LogP contribution in [0.15, 0.2) is 36.4 Å². The Labute approximate surface area is 251 Å². The summed E-state index contributed by atoms with van der Waals surface area (Å²) in [6.45, 7) is 8.26. The molecule has 236 valence electrons. The average Bonchev–Trinajstić information content (AvgIpc) is 2.98. The maximum absolute atomic E-state index is 11.8. The van der Waals surface area contributed by atoms with Crippen molar-refractivity contribution in [2.75, 3.05) is 26.2 Å². The van der Waals surface area contributed by atoms with Crippen molar-refractivity contribution in [2.24, 2.45) is 0 Å². The fraction of sp³-hybridized carbons (Fsp3) is 0.308. The molecule has 18 nitrogen and oxygen atoms in total. The molecule has 0 saturated heterocycles. The Kier molecular flexibility index (Phi) is 15.8. The molecule has 2 aromatic heterocycles. The van der Waals surface area contributed by atoms with Gasteiger partial charge < -0.3 is 21.3 Å². The number of carbonyl (C=O) groups is 8.